The molecule has 218 valence electrons. The van der Waals surface area contributed by atoms with Gasteiger partial charge in [-0.3, -0.25) is 14.3 Å². The van der Waals surface area contributed by atoms with Crippen LogP contribution < -0.4 is 16.6 Å². The predicted octanol–water partition coefficient (Wildman–Crippen LogP) is 4.14. The molecule has 0 unspecified atom stereocenters. The fourth-order valence-corrected chi connectivity index (χ4v) is 4.88. The summed E-state index contributed by atoms with van der Waals surface area (Å²) in [6, 6.07) is 1.12. The van der Waals surface area contributed by atoms with Crippen LogP contribution in [0.4, 0.5) is 4.79 Å². The van der Waals surface area contributed by atoms with Crippen LogP contribution in [-0.2, 0) is 9.47 Å². The number of nitrogens with one attached hydrogen (secondary N) is 2. The molecule has 1 aliphatic rings. The number of rotatable bonds is 20. The van der Waals surface area contributed by atoms with Gasteiger partial charge in [-0.15, -0.1) is 0 Å². The van der Waals surface area contributed by atoms with Gasteiger partial charge in [0.05, 0.1) is 6.61 Å². The third-order valence-corrected chi connectivity index (χ3v) is 7.16. The van der Waals surface area contributed by atoms with Crippen molar-refractivity contribution in [2.75, 3.05) is 13.2 Å². The molecule has 1 aliphatic heterocycles. The summed E-state index contributed by atoms with van der Waals surface area (Å²) in [4.78, 5) is 37.9. The van der Waals surface area contributed by atoms with Crippen LogP contribution in [-0.4, -0.2) is 57.3 Å². The van der Waals surface area contributed by atoms with Crippen LogP contribution in [0.1, 0.15) is 116 Å². The Morgan fingerprint density at radius 2 is 1.47 bits per heavy atom. The highest BCUT2D eigenvalue weighted by molar-refractivity contribution is 5.67. The van der Waals surface area contributed by atoms with Gasteiger partial charge in [0.1, 0.15) is 12.2 Å². The van der Waals surface area contributed by atoms with Crippen LogP contribution in [0, 0.1) is 0 Å². The maximum atomic E-state index is 12.3. The lowest BCUT2D eigenvalue weighted by Gasteiger charge is -2.22. The van der Waals surface area contributed by atoms with Crippen LogP contribution in [0.25, 0.3) is 0 Å². The van der Waals surface area contributed by atoms with Crippen molar-refractivity contribution in [1.82, 2.24) is 14.9 Å². The topological polar surface area (TPSA) is 143 Å². The minimum Gasteiger partial charge on any atom is -0.439 e. The van der Waals surface area contributed by atoms with Gasteiger partial charge in [-0.2, -0.15) is 0 Å². The molecule has 0 saturated carbocycles. The number of hydrogen-bond donors (Lipinski definition) is 4. The molecule has 1 amide bonds. The van der Waals surface area contributed by atoms with Crippen molar-refractivity contribution in [3.8, 4) is 0 Å². The number of aromatic amines is 1. The van der Waals surface area contributed by atoms with E-state index in [9.17, 15) is 24.6 Å². The van der Waals surface area contributed by atoms with Gasteiger partial charge < -0.3 is 25.0 Å². The molecule has 0 spiro atoms. The fourth-order valence-electron chi connectivity index (χ4n) is 4.88. The summed E-state index contributed by atoms with van der Waals surface area (Å²) < 4.78 is 11.9. The molecule has 4 atom stereocenters. The van der Waals surface area contributed by atoms with Gasteiger partial charge in [-0.1, -0.05) is 103 Å². The first-order valence-corrected chi connectivity index (χ1v) is 14.7. The lowest BCUT2D eigenvalue weighted by atomic mass is 10.0. The number of carbonyl (C=O) groups is 1. The van der Waals surface area contributed by atoms with Crippen LogP contribution in [0.15, 0.2) is 21.9 Å². The highest BCUT2D eigenvalue weighted by atomic mass is 16.6. The molecule has 2 heterocycles. The second-order valence-corrected chi connectivity index (χ2v) is 10.4. The molecular formula is C28H49N3O7. The van der Waals surface area contributed by atoms with E-state index in [1.807, 2.05) is 0 Å². The number of unbranched alkanes of at least 4 members (excludes halogenated alkanes) is 15. The first-order valence-electron chi connectivity index (χ1n) is 14.7. The molecular weight excluding hydrogens is 490 g/mol. The SMILES string of the molecule is CCCCCCCCCCCCCCCCCCNC(=O)O[C@@H]1[C@H](O)[C@@H](CO)O[C@H]1n1ccc(=O)[nH]c1=O. The monoisotopic (exact) mass is 539 g/mol. The fraction of sp³-hybridized carbons (Fsp3) is 0.821. The second kappa shape index (κ2) is 19.0. The number of aromatic nitrogens is 2. The second-order valence-electron chi connectivity index (χ2n) is 10.4. The van der Waals surface area contributed by atoms with Crippen molar-refractivity contribution in [3.05, 3.63) is 33.1 Å². The number of H-pyrrole nitrogens is 1. The summed E-state index contributed by atoms with van der Waals surface area (Å²) in [5, 5.41) is 22.5. The predicted molar refractivity (Wildman–Crippen MR) is 146 cm³/mol. The molecule has 4 N–H and O–H groups in total. The normalized spacial score (nSPS) is 21.0. The van der Waals surface area contributed by atoms with Gasteiger partial charge in [-0.05, 0) is 6.42 Å². The molecule has 1 saturated heterocycles. The molecule has 1 aromatic rings. The van der Waals surface area contributed by atoms with Gasteiger partial charge in [0.25, 0.3) is 5.56 Å². The summed E-state index contributed by atoms with van der Waals surface area (Å²) in [6.45, 7) is 2.18. The zero-order valence-corrected chi connectivity index (χ0v) is 23.1. The quantitative estimate of drug-likeness (QED) is 0.182. The summed E-state index contributed by atoms with van der Waals surface area (Å²) in [7, 11) is 0. The van der Waals surface area contributed by atoms with Crippen molar-refractivity contribution in [2.45, 2.75) is 134 Å². The standard InChI is InChI=1S/C28H49N3O7/c1-2-3-4-5-6-7-8-9-10-11-12-13-14-15-16-17-19-29-28(36)38-25-24(34)22(21-32)37-26(25)31-20-18-23(33)30-27(31)35/h18,20,22,24-26,32,34H,2-17,19,21H2,1H3,(H,29,36)(H,30,33,35)/t22-,24-,25-,26-/m1/s1. The largest absolute Gasteiger partial charge is 0.439 e. The molecule has 10 heteroatoms. The van der Waals surface area contributed by atoms with Crippen LogP contribution in [0.5, 0.6) is 0 Å². The molecule has 10 nitrogen and oxygen atoms in total. The average molecular weight is 540 g/mol. The van der Waals surface area contributed by atoms with E-state index in [4.69, 9.17) is 9.47 Å². The zero-order valence-electron chi connectivity index (χ0n) is 23.1. The summed E-state index contributed by atoms with van der Waals surface area (Å²) >= 11 is 0. The number of aliphatic hydroxyl groups is 2. The Hall–Kier alpha value is -2.17. The molecule has 2 rings (SSSR count). The smallest absolute Gasteiger partial charge is 0.407 e. The maximum Gasteiger partial charge on any atom is 0.407 e. The van der Waals surface area contributed by atoms with Crippen molar-refractivity contribution in [3.63, 3.8) is 0 Å². The molecule has 0 bridgehead atoms. The Balaban J connectivity index is 1.53. The minimum absolute atomic E-state index is 0.438. The number of ether oxygens (including phenoxy) is 2. The number of nitrogens with zero attached hydrogens (tertiary/aromatic N) is 1. The van der Waals surface area contributed by atoms with E-state index in [0.29, 0.717) is 6.54 Å². The van der Waals surface area contributed by atoms with Gasteiger partial charge in [0.15, 0.2) is 12.3 Å². The van der Waals surface area contributed by atoms with Crippen molar-refractivity contribution in [2.24, 2.45) is 0 Å². The Bertz CT molecular complexity index is 888. The van der Waals surface area contributed by atoms with Crippen LogP contribution in [0.3, 0.4) is 0 Å². The van der Waals surface area contributed by atoms with Gasteiger partial charge in [-0.25, -0.2) is 9.59 Å². The Kier molecular flexibility index (Phi) is 16.0. The van der Waals surface area contributed by atoms with Gasteiger partial charge in [0.2, 0.25) is 0 Å². The molecule has 1 fully saturated rings. The number of alkyl carbamates (subject to hydrolysis) is 1. The van der Waals surface area contributed by atoms with E-state index in [-0.39, 0.29) is 0 Å². The van der Waals surface area contributed by atoms with E-state index < -0.39 is 48.5 Å². The average Bonchev–Trinajstić information content (AvgIpc) is 3.20. The van der Waals surface area contributed by atoms with E-state index in [0.717, 1.165) is 29.9 Å². The highest BCUT2D eigenvalue weighted by Gasteiger charge is 2.47. The van der Waals surface area contributed by atoms with Gasteiger partial charge >= 0.3 is 11.8 Å². The Morgan fingerprint density at radius 3 is 1.97 bits per heavy atom. The number of amides is 1. The molecule has 0 aliphatic carbocycles. The van der Waals surface area contributed by atoms with E-state index in [2.05, 4.69) is 17.2 Å². The molecule has 0 radical (unpaired) electrons. The van der Waals surface area contributed by atoms with E-state index in [1.54, 1.807) is 0 Å². The lowest BCUT2D eigenvalue weighted by molar-refractivity contribution is -0.0569. The summed E-state index contributed by atoms with van der Waals surface area (Å²) in [6.07, 6.45) is 16.1. The van der Waals surface area contributed by atoms with Crippen LogP contribution >= 0.6 is 0 Å². The maximum absolute atomic E-state index is 12.3. The van der Waals surface area contributed by atoms with Gasteiger partial charge in [0, 0.05) is 18.8 Å². The van der Waals surface area contributed by atoms with E-state index in [1.165, 1.54) is 89.7 Å². The Labute approximate surface area is 226 Å². The van der Waals surface area contributed by atoms with Crippen molar-refractivity contribution < 1.29 is 24.5 Å². The van der Waals surface area contributed by atoms with E-state index >= 15 is 0 Å². The Morgan fingerprint density at radius 1 is 0.947 bits per heavy atom. The summed E-state index contributed by atoms with van der Waals surface area (Å²) in [5.41, 5.74) is -1.35. The van der Waals surface area contributed by atoms with Crippen LogP contribution in [0.2, 0.25) is 0 Å². The molecule has 38 heavy (non-hydrogen) atoms. The summed E-state index contributed by atoms with van der Waals surface area (Å²) in [5.74, 6) is 0. The van der Waals surface area contributed by atoms with Crippen molar-refractivity contribution in [1.29, 1.82) is 0 Å². The number of hydrogen-bond acceptors (Lipinski definition) is 7. The minimum atomic E-state index is -1.33. The third kappa shape index (κ3) is 11.7. The molecule has 1 aromatic heterocycles. The first kappa shape index (κ1) is 32.0. The lowest BCUT2D eigenvalue weighted by Crippen LogP contribution is -2.42. The van der Waals surface area contributed by atoms with Crippen molar-refractivity contribution >= 4 is 6.09 Å². The zero-order chi connectivity index (χ0) is 27.6. The first-order chi connectivity index (χ1) is 18.5. The number of aliphatic hydroxyl groups excluding tert-OH is 2. The third-order valence-electron chi connectivity index (χ3n) is 7.16. The number of carbonyl (C=O) groups excluding carboxylic acids is 1. The highest BCUT2D eigenvalue weighted by Crippen LogP contribution is 2.30. The molecule has 0 aromatic carbocycles.